The lowest BCUT2D eigenvalue weighted by Gasteiger charge is -2.18. The smallest absolute Gasteiger partial charge is 0.188 e. The first-order valence-electron chi connectivity index (χ1n) is 7.60. The number of guanidine groups is 1. The summed E-state index contributed by atoms with van der Waals surface area (Å²) in [5.74, 6) is 1.04. The zero-order valence-corrected chi connectivity index (χ0v) is 11.8. The first-order valence-corrected chi connectivity index (χ1v) is 7.60. The highest BCUT2D eigenvalue weighted by Gasteiger charge is 2.25. The van der Waals surface area contributed by atoms with Gasteiger partial charge in [-0.05, 0) is 19.3 Å². The van der Waals surface area contributed by atoms with Crippen molar-refractivity contribution in [2.45, 2.75) is 57.1 Å². The predicted molar refractivity (Wildman–Crippen MR) is 79.2 cm³/mol. The first kappa shape index (κ1) is 14.4. The molecule has 0 bridgehead atoms. The molecule has 1 saturated carbocycles. The van der Waals surface area contributed by atoms with Gasteiger partial charge in [-0.1, -0.05) is 31.8 Å². The van der Waals surface area contributed by atoms with Crippen LogP contribution in [0.5, 0.6) is 0 Å². The van der Waals surface area contributed by atoms with Gasteiger partial charge in [-0.15, -0.1) is 6.58 Å². The summed E-state index contributed by atoms with van der Waals surface area (Å²) in [5, 5.41) is 3.38. The van der Waals surface area contributed by atoms with Crippen LogP contribution >= 0.6 is 0 Å². The van der Waals surface area contributed by atoms with Crippen molar-refractivity contribution in [2.75, 3.05) is 13.2 Å². The third kappa shape index (κ3) is 4.53. The van der Waals surface area contributed by atoms with E-state index in [9.17, 15) is 0 Å². The van der Waals surface area contributed by atoms with Crippen LogP contribution in [0, 0.1) is 5.92 Å². The third-order valence-electron chi connectivity index (χ3n) is 4.20. The van der Waals surface area contributed by atoms with Crippen molar-refractivity contribution in [2.24, 2.45) is 16.6 Å². The Kier molecular flexibility index (Phi) is 5.70. The zero-order valence-electron chi connectivity index (χ0n) is 11.8. The standard InChI is InChI=1S/C15H27N3O/c1-2-14-12(9-10-19-14)11-17-15(16)18-13-7-5-3-4-6-8-13/h2,12-14H,1,3-11H2,(H3,16,17,18)/t12-,14-/m0/s1. The highest BCUT2D eigenvalue weighted by Crippen LogP contribution is 2.22. The van der Waals surface area contributed by atoms with Crippen molar-refractivity contribution in [3.05, 3.63) is 12.7 Å². The van der Waals surface area contributed by atoms with Gasteiger partial charge in [0.25, 0.3) is 0 Å². The van der Waals surface area contributed by atoms with Gasteiger partial charge in [0.05, 0.1) is 6.10 Å². The number of aliphatic imine (C=N–C) groups is 1. The number of hydrogen-bond acceptors (Lipinski definition) is 2. The average molecular weight is 265 g/mol. The predicted octanol–water partition coefficient (Wildman–Crippen LogP) is 2.20. The number of rotatable bonds is 4. The third-order valence-corrected chi connectivity index (χ3v) is 4.20. The quantitative estimate of drug-likeness (QED) is 0.354. The summed E-state index contributed by atoms with van der Waals surface area (Å²) >= 11 is 0. The number of nitrogens with one attached hydrogen (secondary N) is 1. The van der Waals surface area contributed by atoms with Crippen molar-refractivity contribution < 1.29 is 4.74 Å². The molecule has 1 heterocycles. The molecule has 0 amide bonds. The fourth-order valence-electron chi connectivity index (χ4n) is 3.01. The van der Waals surface area contributed by atoms with Crippen LogP contribution in [0.2, 0.25) is 0 Å². The summed E-state index contributed by atoms with van der Waals surface area (Å²) in [4.78, 5) is 4.48. The fourth-order valence-corrected chi connectivity index (χ4v) is 3.01. The Morgan fingerprint density at radius 2 is 2.00 bits per heavy atom. The van der Waals surface area contributed by atoms with E-state index >= 15 is 0 Å². The molecule has 19 heavy (non-hydrogen) atoms. The Morgan fingerprint density at radius 1 is 1.26 bits per heavy atom. The maximum absolute atomic E-state index is 5.99. The van der Waals surface area contributed by atoms with Crippen LogP contribution in [0.1, 0.15) is 44.9 Å². The second kappa shape index (κ2) is 7.53. The molecular formula is C15H27N3O. The van der Waals surface area contributed by atoms with Gasteiger partial charge in [-0.25, -0.2) is 0 Å². The Morgan fingerprint density at radius 3 is 2.68 bits per heavy atom. The molecule has 108 valence electrons. The van der Waals surface area contributed by atoms with Crippen molar-refractivity contribution >= 4 is 5.96 Å². The molecule has 2 atom stereocenters. The van der Waals surface area contributed by atoms with Crippen LogP contribution in [0.15, 0.2) is 17.6 Å². The highest BCUT2D eigenvalue weighted by atomic mass is 16.5. The van der Waals surface area contributed by atoms with Gasteiger partial charge in [0.2, 0.25) is 0 Å². The van der Waals surface area contributed by atoms with Crippen LogP contribution in [0.3, 0.4) is 0 Å². The highest BCUT2D eigenvalue weighted by molar-refractivity contribution is 5.78. The van der Waals surface area contributed by atoms with Crippen LogP contribution in [-0.4, -0.2) is 31.3 Å². The molecule has 3 N–H and O–H groups in total. The molecular weight excluding hydrogens is 238 g/mol. The van der Waals surface area contributed by atoms with E-state index in [-0.39, 0.29) is 6.10 Å². The van der Waals surface area contributed by atoms with Gasteiger partial charge < -0.3 is 15.8 Å². The lowest BCUT2D eigenvalue weighted by atomic mass is 10.0. The van der Waals surface area contributed by atoms with Gasteiger partial charge in [0.15, 0.2) is 5.96 Å². The van der Waals surface area contributed by atoms with Crippen molar-refractivity contribution in [1.29, 1.82) is 0 Å². The van der Waals surface area contributed by atoms with E-state index in [1.54, 1.807) is 0 Å². The van der Waals surface area contributed by atoms with Gasteiger partial charge in [0.1, 0.15) is 0 Å². The molecule has 0 unspecified atom stereocenters. The maximum Gasteiger partial charge on any atom is 0.188 e. The lowest BCUT2D eigenvalue weighted by molar-refractivity contribution is 0.129. The second-order valence-corrected chi connectivity index (χ2v) is 5.68. The fraction of sp³-hybridized carbons (Fsp3) is 0.800. The number of ether oxygens (including phenoxy) is 1. The Labute approximate surface area is 116 Å². The van der Waals surface area contributed by atoms with Gasteiger partial charge in [-0.3, -0.25) is 4.99 Å². The van der Waals surface area contributed by atoms with E-state index in [0.717, 1.165) is 19.6 Å². The number of nitrogens with two attached hydrogens (primary N) is 1. The van der Waals surface area contributed by atoms with Crippen molar-refractivity contribution in [1.82, 2.24) is 5.32 Å². The van der Waals surface area contributed by atoms with E-state index in [0.29, 0.717) is 17.9 Å². The summed E-state index contributed by atoms with van der Waals surface area (Å²) in [5.41, 5.74) is 5.99. The first-order chi connectivity index (χ1) is 9.29. The Balaban J connectivity index is 1.76. The molecule has 2 rings (SSSR count). The molecule has 0 aromatic carbocycles. The van der Waals surface area contributed by atoms with Gasteiger partial charge >= 0.3 is 0 Å². The molecule has 0 aromatic heterocycles. The van der Waals surface area contributed by atoms with Crippen molar-refractivity contribution in [3.63, 3.8) is 0 Å². The largest absolute Gasteiger partial charge is 0.374 e. The Bertz CT molecular complexity index is 309. The number of nitrogens with zero attached hydrogens (tertiary/aromatic N) is 1. The minimum atomic E-state index is 0.148. The summed E-state index contributed by atoms with van der Waals surface area (Å²) in [6, 6.07) is 0.515. The number of hydrogen-bond donors (Lipinski definition) is 2. The second-order valence-electron chi connectivity index (χ2n) is 5.68. The lowest BCUT2D eigenvalue weighted by Crippen LogP contribution is -2.40. The summed E-state index contributed by atoms with van der Waals surface area (Å²) in [7, 11) is 0. The van der Waals surface area contributed by atoms with E-state index in [4.69, 9.17) is 10.5 Å². The van der Waals surface area contributed by atoms with Crippen LogP contribution in [0.25, 0.3) is 0 Å². The minimum absolute atomic E-state index is 0.148. The molecule has 4 nitrogen and oxygen atoms in total. The molecule has 2 aliphatic rings. The molecule has 0 aromatic rings. The van der Waals surface area contributed by atoms with Crippen molar-refractivity contribution in [3.8, 4) is 0 Å². The SMILES string of the molecule is C=C[C@@H]1OCC[C@H]1CN=C(N)NC1CCCCCC1. The molecule has 0 spiro atoms. The minimum Gasteiger partial charge on any atom is -0.374 e. The Hall–Kier alpha value is -1.03. The average Bonchev–Trinajstić information content (AvgIpc) is 2.72. The molecule has 1 aliphatic carbocycles. The molecule has 2 fully saturated rings. The normalized spacial score (nSPS) is 30.0. The van der Waals surface area contributed by atoms with Gasteiger partial charge in [-0.2, -0.15) is 0 Å². The topological polar surface area (TPSA) is 59.6 Å². The molecule has 1 saturated heterocycles. The molecule has 4 heteroatoms. The van der Waals surface area contributed by atoms with E-state index in [1.165, 1.54) is 38.5 Å². The van der Waals surface area contributed by atoms with E-state index in [1.807, 2.05) is 6.08 Å². The summed E-state index contributed by atoms with van der Waals surface area (Å²) in [6.07, 6.45) is 10.8. The van der Waals surface area contributed by atoms with Crippen LogP contribution < -0.4 is 11.1 Å². The molecule has 1 aliphatic heterocycles. The van der Waals surface area contributed by atoms with Gasteiger partial charge in [0, 0.05) is 25.1 Å². The zero-order chi connectivity index (χ0) is 13.5. The summed E-state index contributed by atoms with van der Waals surface area (Å²) < 4.78 is 5.56. The van der Waals surface area contributed by atoms with Crippen LogP contribution in [0.4, 0.5) is 0 Å². The van der Waals surface area contributed by atoms with E-state index in [2.05, 4.69) is 16.9 Å². The summed E-state index contributed by atoms with van der Waals surface area (Å²) in [6.45, 7) is 5.35. The van der Waals surface area contributed by atoms with Crippen LogP contribution in [-0.2, 0) is 4.74 Å². The van der Waals surface area contributed by atoms with E-state index < -0.39 is 0 Å². The molecule has 0 radical (unpaired) electrons. The maximum atomic E-state index is 5.99. The monoisotopic (exact) mass is 265 g/mol.